The van der Waals surface area contributed by atoms with E-state index in [4.69, 9.17) is 11.6 Å². The minimum absolute atomic E-state index is 0.0329. The van der Waals surface area contributed by atoms with Crippen LogP contribution in [0.15, 0.2) is 6.07 Å². The summed E-state index contributed by atoms with van der Waals surface area (Å²) >= 11 is 7.40. The van der Waals surface area contributed by atoms with Gasteiger partial charge in [0.2, 0.25) is 0 Å². The topological polar surface area (TPSA) is 21.3 Å². The molecule has 0 aliphatic carbocycles. The summed E-state index contributed by atoms with van der Waals surface area (Å²) in [6.07, 6.45) is -3.79. The van der Waals surface area contributed by atoms with E-state index in [1.807, 2.05) is 13.0 Å². The first-order valence-electron chi connectivity index (χ1n) is 5.41. The van der Waals surface area contributed by atoms with E-state index in [0.29, 0.717) is 10.8 Å². The molecule has 0 fully saturated rings. The molecule has 0 bridgehead atoms. The number of hydrogen-bond donors (Lipinski definition) is 1. The number of nitrogens with one attached hydrogen (secondary N) is 1. The van der Waals surface area contributed by atoms with Gasteiger partial charge in [0, 0.05) is 17.5 Å². The molecule has 0 saturated heterocycles. The van der Waals surface area contributed by atoms with Gasteiger partial charge in [0.25, 0.3) is 0 Å². The molecule has 1 aromatic rings. The molecule has 1 N–H and O–H groups in total. The lowest BCUT2D eigenvalue weighted by Gasteiger charge is -2.15. The zero-order chi connectivity index (χ0) is 13.8. The van der Waals surface area contributed by atoms with Gasteiger partial charge in [-0.3, -0.25) is 0 Å². The summed E-state index contributed by atoms with van der Waals surface area (Å²) in [6.45, 7) is 0.752. The van der Waals surface area contributed by atoms with Crippen molar-refractivity contribution in [2.75, 3.05) is 20.3 Å². The molecule has 1 atom stereocenters. The molecule has 18 heavy (non-hydrogen) atoms. The minimum atomic E-state index is -4.27. The predicted molar refractivity (Wildman–Crippen MR) is 67.4 cm³/mol. The van der Waals surface area contributed by atoms with E-state index in [0.717, 1.165) is 10.4 Å². The van der Waals surface area contributed by atoms with E-state index in [-0.39, 0.29) is 12.6 Å². The molecule has 0 aromatic carbocycles. The molecular weight excluding hydrogens is 287 g/mol. The van der Waals surface area contributed by atoms with Gasteiger partial charge in [0.05, 0.1) is 4.34 Å². The second kappa shape index (κ2) is 6.75. The summed E-state index contributed by atoms with van der Waals surface area (Å²) in [5.74, 6) is 0. The van der Waals surface area contributed by atoms with Crippen molar-refractivity contribution in [2.45, 2.75) is 25.6 Å². The zero-order valence-corrected chi connectivity index (χ0v) is 11.7. The Balaban J connectivity index is 2.43. The molecule has 2 nitrogen and oxygen atoms in total. The number of thiophene rings is 1. The van der Waals surface area contributed by atoms with Crippen LogP contribution >= 0.6 is 22.9 Å². The van der Waals surface area contributed by atoms with Gasteiger partial charge in [-0.15, -0.1) is 11.3 Å². The Morgan fingerprint density at radius 1 is 1.50 bits per heavy atom. The maximum absolute atomic E-state index is 11.9. The molecule has 7 heteroatoms. The third-order valence-corrected chi connectivity index (χ3v) is 4.05. The van der Waals surface area contributed by atoms with Crippen molar-refractivity contribution in [3.05, 3.63) is 20.8 Å². The Morgan fingerprint density at radius 2 is 2.17 bits per heavy atom. The highest BCUT2D eigenvalue weighted by Gasteiger charge is 2.27. The van der Waals surface area contributed by atoms with Gasteiger partial charge in [0.1, 0.15) is 6.61 Å². The van der Waals surface area contributed by atoms with Crippen LogP contribution in [-0.2, 0) is 4.74 Å². The van der Waals surface area contributed by atoms with E-state index in [1.165, 1.54) is 11.3 Å². The standard InChI is InChI=1S/C11H15ClF3NOS/c1-7-5-9(18-10(7)12)8(16-2)3-4-17-6-11(13,14)15/h5,8,16H,3-4,6H2,1-2H3. The van der Waals surface area contributed by atoms with Crippen LogP contribution in [0.5, 0.6) is 0 Å². The molecule has 1 rings (SSSR count). The minimum Gasteiger partial charge on any atom is -0.372 e. The molecule has 1 aromatic heterocycles. The number of hydrogen-bond acceptors (Lipinski definition) is 3. The van der Waals surface area contributed by atoms with Crippen molar-refractivity contribution in [1.82, 2.24) is 5.32 Å². The highest BCUT2D eigenvalue weighted by Crippen LogP contribution is 2.32. The number of halogens is 4. The lowest BCUT2D eigenvalue weighted by molar-refractivity contribution is -0.174. The monoisotopic (exact) mass is 301 g/mol. The van der Waals surface area contributed by atoms with E-state index in [2.05, 4.69) is 10.1 Å². The molecule has 0 spiro atoms. The number of ether oxygens (including phenoxy) is 1. The van der Waals surface area contributed by atoms with Crippen LogP contribution in [0.4, 0.5) is 13.2 Å². The largest absolute Gasteiger partial charge is 0.411 e. The molecule has 1 unspecified atom stereocenters. The molecule has 0 saturated carbocycles. The second-order valence-electron chi connectivity index (χ2n) is 3.90. The smallest absolute Gasteiger partial charge is 0.372 e. The van der Waals surface area contributed by atoms with E-state index < -0.39 is 12.8 Å². The highest BCUT2D eigenvalue weighted by atomic mass is 35.5. The number of alkyl halides is 3. The maximum Gasteiger partial charge on any atom is 0.411 e. The Hall–Kier alpha value is -0.300. The molecule has 104 valence electrons. The van der Waals surface area contributed by atoms with E-state index in [9.17, 15) is 13.2 Å². The predicted octanol–water partition coefficient (Wildman–Crippen LogP) is 3.94. The first kappa shape index (κ1) is 15.8. The van der Waals surface area contributed by atoms with Crippen molar-refractivity contribution in [3.63, 3.8) is 0 Å². The first-order valence-corrected chi connectivity index (χ1v) is 6.60. The lowest BCUT2D eigenvalue weighted by Crippen LogP contribution is -2.21. The molecular formula is C11H15ClF3NOS. The average Bonchev–Trinajstić information content (AvgIpc) is 2.57. The highest BCUT2D eigenvalue weighted by molar-refractivity contribution is 7.16. The van der Waals surface area contributed by atoms with Gasteiger partial charge in [-0.05, 0) is 32.0 Å². The van der Waals surface area contributed by atoms with Crippen LogP contribution in [0, 0.1) is 6.92 Å². The van der Waals surface area contributed by atoms with E-state index in [1.54, 1.807) is 7.05 Å². The first-order chi connectivity index (χ1) is 8.33. The summed E-state index contributed by atoms with van der Waals surface area (Å²) in [4.78, 5) is 1.01. The molecule has 0 aliphatic rings. The fraction of sp³-hybridized carbons (Fsp3) is 0.636. The van der Waals surface area contributed by atoms with Gasteiger partial charge < -0.3 is 10.1 Å². The van der Waals surface area contributed by atoms with Crippen LogP contribution < -0.4 is 5.32 Å². The molecule has 1 heterocycles. The Labute approximate surface area is 113 Å². The summed E-state index contributed by atoms with van der Waals surface area (Å²) < 4.78 is 41.0. The maximum atomic E-state index is 11.9. The van der Waals surface area contributed by atoms with Gasteiger partial charge in [-0.1, -0.05) is 11.6 Å². The Morgan fingerprint density at radius 3 is 2.61 bits per heavy atom. The quantitative estimate of drug-likeness (QED) is 0.804. The summed E-state index contributed by atoms with van der Waals surface area (Å²) in [7, 11) is 1.76. The zero-order valence-electron chi connectivity index (χ0n) is 10.1. The van der Waals surface area contributed by atoms with Gasteiger partial charge in [-0.2, -0.15) is 13.2 Å². The Kier molecular flexibility index (Phi) is 5.91. The van der Waals surface area contributed by atoms with Crippen molar-refractivity contribution in [1.29, 1.82) is 0 Å². The molecule has 0 amide bonds. The van der Waals surface area contributed by atoms with Crippen molar-refractivity contribution >= 4 is 22.9 Å². The van der Waals surface area contributed by atoms with Crippen LogP contribution in [-0.4, -0.2) is 26.4 Å². The fourth-order valence-electron chi connectivity index (χ4n) is 1.47. The summed E-state index contributed by atoms with van der Waals surface area (Å²) in [5, 5.41) is 3.05. The number of rotatable bonds is 6. The number of aryl methyl sites for hydroxylation is 1. The summed E-state index contributed by atoms with van der Waals surface area (Å²) in [5.41, 5.74) is 0.980. The van der Waals surface area contributed by atoms with Gasteiger partial charge in [-0.25, -0.2) is 0 Å². The van der Waals surface area contributed by atoms with Crippen LogP contribution in [0.3, 0.4) is 0 Å². The van der Waals surface area contributed by atoms with Crippen molar-refractivity contribution < 1.29 is 17.9 Å². The third kappa shape index (κ3) is 5.14. The normalized spacial score (nSPS) is 13.9. The Bertz CT molecular complexity index is 361. The van der Waals surface area contributed by atoms with Crippen molar-refractivity contribution in [3.8, 4) is 0 Å². The van der Waals surface area contributed by atoms with E-state index >= 15 is 0 Å². The van der Waals surface area contributed by atoms with Crippen LogP contribution in [0.25, 0.3) is 0 Å². The second-order valence-corrected chi connectivity index (χ2v) is 5.59. The van der Waals surface area contributed by atoms with Crippen LogP contribution in [0.1, 0.15) is 22.9 Å². The van der Waals surface area contributed by atoms with Crippen LogP contribution in [0.2, 0.25) is 4.34 Å². The SMILES string of the molecule is CNC(CCOCC(F)(F)F)c1cc(C)c(Cl)s1. The van der Waals surface area contributed by atoms with Crippen molar-refractivity contribution in [2.24, 2.45) is 0 Å². The third-order valence-electron chi connectivity index (χ3n) is 2.38. The lowest BCUT2D eigenvalue weighted by atomic mass is 10.1. The fourth-order valence-corrected chi connectivity index (χ4v) is 2.84. The average molecular weight is 302 g/mol. The van der Waals surface area contributed by atoms with Gasteiger partial charge in [0.15, 0.2) is 0 Å². The molecule has 0 aliphatic heterocycles. The summed E-state index contributed by atoms with van der Waals surface area (Å²) in [6, 6.07) is 1.91. The van der Waals surface area contributed by atoms with Gasteiger partial charge >= 0.3 is 6.18 Å². The molecule has 0 radical (unpaired) electrons.